The number of hydrogen-bond donors (Lipinski definition) is 3. The quantitative estimate of drug-likeness (QED) is 0.770. The summed E-state index contributed by atoms with van der Waals surface area (Å²) in [6.45, 7) is 4.03. The molecule has 1 aromatic carbocycles. The monoisotopic (exact) mass is 285 g/mol. The van der Waals surface area contributed by atoms with Crippen molar-refractivity contribution in [2.24, 2.45) is 5.73 Å². The molecular formula is C13H20ClN3O2. The van der Waals surface area contributed by atoms with Crippen LogP contribution in [0.3, 0.4) is 0 Å². The SMILES string of the molecule is CNC(=O)c1cccc(C(=O)NCC(C)(C)N)c1.Cl. The van der Waals surface area contributed by atoms with Crippen molar-refractivity contribution in [3.8, 4) is 0 Å². The van der Waals surface area contributed by atoms with Gasteiger partial charge < -0.3 is 16.4 Å². The highest BCUT2D eigenvalue weighted by Crippen LogP contribution is 2.05. The third-order valence-electron chi connectivity index (χ3n) is 2.32. The van der Waals surface area contributed by atoms with Crippen molar-refractivity contribution in [3.63, 3.8) is 0 Å². The van der Waals surface area contributed by atoms with E-state index in [0.717, 1.165) is 0 Å². The molecule has 19 heavy (non-hydrogen) atoms. The Bertz CT molecular complexity index is 455. The van der Waals surface area contributed by atoms with Gasteiger partial charge in [-0.1, -0.05) is 6.07 Å². The molecule has 0 atom stereocenters. The van der Waals surface area contributed by atoms with E-state index < -0.39 is 5.54 Å². The van der Waals surface area contributed by atoms with Gasteiger partial charge in [-0.15, -0.1) is 12.4 Å². The largest absolute Gasteiger partial charge is 0.355 e. The molecule has 2 amide bonds. The molecule has 0 saturated carbocycles. The number of nitrogens with two attached hydrogens (primary N) is 1. The molecule has 4 N–H and O–H groups in total. The Morgan fingerprint density at radius 2 is 1.74 bits per heavy atom. The van der Waals surface area contributed by atoms with Gasteiger partial charge in [0.1, 0.15) is 0 Å². The average Bonchev–Trinajstić information content (AvgIpc) is 2.34. The minimum atomic E-state index is -0.464. The number of hydrogen-bond acceptors (Lipinski definition) is 3. The fourth-order valence-electron chi connectivity index (χ4n) is 1.36. The molecule has 0 aliphatic heterocycles. The van der Waals surface area contributed by atoms with Gasteiger partial charge in [0.05, 0.1) is 0 Å². The number of amides is 2. The summed E-state index contributed by atoms with van der Waals surface area (Å²) in [5.41, 5.74) is 6.22. The minimum Gasteiger partial charge on any atom is -0.355 e. The topological polar surface area (TPSA) is 84.2 Å². The van der Waals surface area contributed by atoms with Crippen LogP contribution in [0.1, 0.15) is 34.6 Å². The van der Waals surface area contributed by atoms with Crippen LogP contribution in [0.2, 0.25) is 0 Å². The van der Waals surface area contributed by atoms with Crippen LogP contribution in [0.5, 0.6) is 0 Å². The highest BCUT2D eigenvalue weighted by atomic mass is 35.5. The number of rotatable bonds is 4. The lowest BCUT2D eigenvalue weighted by Gasteiger charge is -2.18. The van der Waals surface area contributed by atoms with Crippen LogP contribution in [-0.4, -0.2) is 30.9 Å². The number of nitrogens with one attached hydrogen (secondary N) is 2. The summed E-state index contributed by atoms with van der Waals surface area (Å²) in [6, 6.07) is 6.54. The fourth-order valence-corrected chi connectivity index (χ4v) is 1.36. The number of carbonyl (C=O) groups is 2. The van der Waals surface area contributed by atoms with Crippen LogP contribution in [0, 0.1) is 0 Å². The molecular weight excluding hydrogens is 266 g/mol. The molecule has 0 heterocycles. The maximum Gasteiger partial charge on any atom is 0.251 e. The van der Waals surface area contributed by atoms with Crippen LogP contribution in [0.15, 0.2) is 24.3 Å². The van der Waals surface area contributed by atoms with Gasteiger partial charge in [-0.25, -0.2) is 0 Å². The van der Waals surface area contributed by atoms with E-state index in [-0.39, 0.29) is 24.2 Å². The molecule has 0 aromatic heterocycles. The van der Waals surface area contributed by atoms with Crippen molar-refractivity contribution in [1.82, 2.24) is 10.6 Å². The van der Waals surface area contributed by atoms with E-state index in [9.17, 15) is 9.59 Å². The summed E-state index contributed by atoms with van der Waals surface area (Å²) in [4.78, 5) is 23.3. The second-order valence-electron chi connectivity index (χ2n) is 4.83. The first-order valence-corrected chi connectivity index (χ1v) is 5.73. The second-order valence-corrected chi connectivity index (χ2v) is 4.83. The van der Waals surface area contributed by atoms with Crippen molar-refractivity contribution >= 4 is 24.2 Å². The average molecular weight is 286 g/mol. The Morgan fingerprint density at radius 1 is 1.21 bits per heavy atom. The summed E-state index contributed by atoms with van der Waals surface area (Å²) >= 11 is 0. The minimum absolute atomic E-state index is 0. The molecule has 1 aromatic rings. The number of carbonyl (C=O) groups excluding carboxylic acids is 2. The van der Waals surface area contributed by atoms with E-state index >= 15 is 0 Å². The maximum absolute atomic E-state index is 11.9. The molecule has 0 aliphatic rings. The lowest BCUT2D eigenvalue weighted by atomic mass is 10.1. The summed E-state index contributed by atoms with van der Waals surface area (Å²) in [7, 11) is 1.55. The van der Waals surface area contributed by atoms with Crippen molar-refractivity contribution in [2.75, 3.05) is 13.6 Å². The third-order valence-corrected chi connectivity index (χ3v) is 2.32. The molecule has 0 saturated heterocycles. The van der Waals surface area contributed by atoms with Gasteiger partial charge in [0.25, 0.3) is 11.8 Å². The molecule has 1 rings (SSSR count). The molecule has 0 radical (unpaired) electrons. The number of benzene rings is 1. The Balaban J connectivity index is 0.00000324. The van der Waals surface area contributed by atoms with Crippen molar-refractivity contribution in [1.29, 1.82) is 0 Å². The van der Waals surface area contributed by atoms with Crippen LogP contribution < -0.4 is 16.4 Å². The first-order chi connectivity index (χ1) is 8.33. The molecule has 0 aliphatic carbocycles. The zero-order valence-electron chi connectivity index (χ0n) is 11.3. The molecule has 0 fully saturated rings. The van der Waals surface area contributed by atoms with E-state index in [1.807, 2.05) is 13.8 Å². The first-order valence-electron chi connectivity index (χ1n) is 5.73. The molecule has 0 unspecified atom stereocenters. The van der Waals surface area contributed by atoms with Crippen molar-refractivity contribution in [3.05, 3.63) is 35.4 Å². The summed E-state index contributed by atoms with van der Waals surface area (Å²) in [5.74, 6) is -0.455. The van der Waals surface area contributed by atoms with Crippen LogP contribution in [0.4, 0.5) is 0 Å². The predicted octanol–water partition coefficient (Wildman–Crippen LogP) is 0.935. The lowest BCUT2D eigenvalue weighted by Crippen LogP contribution is -2.45. The Hall–Kier alpha value is -1.59. The van der Waals surface area contributed by atoms with Crippen molar-refractivity contribution < 1.29 is 9.59 Å². The highest BCUT2D eigenvalue weighted by molar-refractivity contribution is 5.99. The smallest absolute Gasteiger partial charge is 0.251 e. The predicted molar refractivity (Wildman–Crippen MR) is 77.7 cm³/mol. The highest BCUT2D eigenvalue weighted by Gasteiger charge is 2.14. The van der Waals surface area contributed by atoms with Gasteiger partial charge in [-0.05, 0) is 32.0 Å². The maximum atomic E-state index is 11.9. The van der Waals surface area contributed by atoms with Gasteiger partial charge in [0, 0.05) is 30.3 Å². The van der Waals surface area contributed by atoms with Crippen molar-refractivity contribution in [2.45, 2.75) is 19.4 Å². The van der Waals surface area contributed by atoms with Crippen LogP contribution in [-0.2, 0) is 0 Å². The van der Waals surface area contributed by atoms with E-state index in [1.165, 1.54) is 0 Å². The van der Waals surface area contributed by atoms with Gasteiger partial charge >= 0.3 is 0 Å². The molecule has 5 nitrogen and oxygen atoms in total. The molecule has 0 spiro atoms. The lowest BCUT2D eigenvalue weighted by molar-refractivity contribution is 0.0946. The fraction of sp³-hybridized carbons (Fsp3) is 0.385. The standard InChI is InChI=1S/C13H19N3O2.ClH/c1-13(2,14)8-16-12(18)10-6-4-5-9(7-10)11(17)15-3;/h4-7H,8,14H2,1-3H3,(H,15,17)(H,16,18);1H. The van der Waals surface area contributed by atoms with Crippen LogP contribution >= 0.6 is 12.4 Å². The first kappa shape index (κ1) is 17.4. The van der Waals surface area contributed by atoms with Gasteiger partial charge in [-0.2, -0.15) is 0 Å². The Kier molecular flexibility index (Phi) is 6.52. The number of halogens is 1. The van der Waals surface area contributed by atoms with Crippen LogP contribution in [0.25, 0.3) is 0 Å². The van der Waals surface area contributed by atoms with Gasteiger partial charge in [-0.3, -0.25) is 9.59 Å². The van der Waals surface area contributed by atoms with Gasteiger partial charge in [0.2, 0.25) is 0 Å². The van der Waals surface area contributed by atoms with Gasteiger partial charge in [0.15, 0.2) is 0 Å². The molecule has 6 heteroatoms. The summed E-state index contributed by atoms with van der Waals surface area (Å²) in [6.07, 6.45) is 0. The second kappa shape index (κ2) is 7.11. The zero-order valence-corrected chi connectivity index (χ0v) is 12.1. The van der Waals surface area contributed by atoms with E-state index in [4.69, 9.17) is 5.73 Å². The molecule has 0 bridgehead atoms. The summed E-state index contributed by atoms with van der Waals surface area (Å²) < 4.78 is 0. The normalized spacial score (nSPS) is 10.3. The van der Waals surface area contributed by atoms with E-state index in [0.29, 0.717) is 17.7 Å². The Morgan fingerprint density at radius 3 is 2.21 bits per heavy atom. The third kappa shape index (κ3) is 5.72. The Labute approximate surface area is 119 Å². The molecule has 106 valence electrons. The van der Waals surface area contributed by atoms with E-state index in [2.05, 4.69) is 10.6 Å². The zero-order chi connectivity index (χ0) is 13.8. The summed E-state index contributed by atoms with van der Waals surface area (Å²) in [5, 5.41) is 5.24. The van der Waals surface area contributed by atoms with E-state index in [1.54, 1.807) is 31.3 Å².